The SMILES string of the molecule is CN(CCOCCOCCOCCOCCOCCN(C)C(=O)OC(C)(C)C)C(=O)OC(C)(C)C. The second kappa shape index (κ2) is 18.6. The van der Waals surface area contributed by atoms with Crippen LogP contribution in [0.4, 0.5) is 9.59 Å². The lowest BCUT2D eigenvalue weighted by Crippen LogP contribution is -2.36. The Morgan fingerprint density at radius 1 is 0.486 bits per heavy atom. The normalized spacial score (nSPS) is 11.9. The number of carbonyl (C=O) groups excluding carboxylic acids is 2. The van der Waals surface area contributed by atoms with Crippen molar-refractivity contribution in [1.82, 2.24) is 9.80 Å². The van der Waals surface area contributed by atoms with Gasteiger partial charge in [0.05, 0.1) is 66.1 Å². The highest BCUT2D eigenvalue weighted by atomic mass is 16.6. The van der Waals surface area contributed by atoms with E-state index in [9.17, 15) is 9.59 Å². The van der Waals surface area contributed by atoms with Gasteiger partial charge in [0.15, 0.2) is 0 Å². The molecule has 0 saturated heterocycles. The van der Waals surface area contributed by atoms with Gasteiger partial charge < -0.3 is 43.0 Å². The van der Waals surface area contributed by atoms with E-state index in [1.807, 2.05) is 41.5 Å². The molecule has 0 spiro atoms. The van der Waals surface area contributed by atoms with Gasteiger partial charge in [-0.1, -0.05) is 0 Å². The van der Waals surface area contributed by atoms with E-state index >= 15 is 0 Å². The van der Waals surface area contributed by atoms with Gasteiger partial charge in [0.25, 0.3) is 0 Å². The minimum atomic E-state index is -0.508. The Kier molecular flexibility index (Phi) is 17.7. The fourth-order valence-electron chi connectivity index (χ4n) is 2.25. The van der Waals surface area contributed by atoms with E-state index in [2.05, 4.69) is 0 Å². The molecule has 0 heterocycles. The van der Waals surface area contributed by atoms with Crippen molar-refractivity contribution in [3.05, 3.63) is 0 Å². The molecule has 0 rings (SSSR count). The largest absolute Gasteiger partial charge is 0.444 e. The third-order valence-electron chi connectivity index (χ3n) is 4.04. The molecule has 11 nitrogen and oxygen atoms in total. The molecule has 0 aromatic heterocycles. The van der Waals surface area contributed by atoms with E-state index in [4.69, 9.17) is 33.2 Å². The van der Waals surface area contributed by atoms with Gasteiger partial charge in [-0.2, -0.15) is 0 Å². The van der Waals surface area contributed by atoms with Gasteiger partial charge in [-0.25, -0.2) is 9.59 Å². The number of hydrogen-bond donors (Lipinski definition) is 0. The van der Waals surface area contributed by atoms with Crippen LogP contribution in [0.25, 0.3) is 0 Å². The van der Waals surface area contributed by atoms with Gasteiger partial charge >= 0.3 is 12.2 Å². The molecule has 0 aromatic carbocycles. The first kappa shape index (κ1) is 33.3. The monoisotopic (exact) mass is 508 g/mol. The van der Waals surface area contributed by atoms with Crippen molar-refractivity contribution in [3.8, 4) is 0 Å². The second-order valence-electron chi connectivity index (χ2n) is 9.87. The highest BCUT2D eigenvalue weighted by Gasteiger charge is 2.20. The smallest absolute Gasteiger partial charge is 0.410 e. The lowest BCUT2D eigenvalue weighted by Gasteiger charge is -2.24. The van der Waals surface area contributed by atoms with Gasteiger partial charge in [-0.3, -0.25) is 0 Å². The van der Waals surface area contributed by atoms with E-state index in [1.54, 1.807) is 14.1 Å². The molecule has 0 unspecified atom stereocenters. The van der Waals surface area contributed by atoms with E-state index in [1.165, 1.54) is 9.80 Å². The van der Waals surface area contributed by atoms with Crippen LogP contribution >= 0.6 is 0 Å². The predicted octanol–water partition coefficient (Wildman–Crippen LogP) is 2.80. The van der Waals surface area contributed by atoms with Crippen LogP contribution in [-0.2, 0) is 33.2 Å². The van der Waals surface area contributed by atoms with Gasteiger partial charge in [0.2, 0.25) is 0 Å². The number of likely N-dealkylation sites (N-methyl/N-ethyl adjacent to an activating group) is 2. The summed E-state index contributed by atoms with van der Waals surface area (Å²) >= 11 is 0. The number of ether oxygens (including phenoxy) is 7. The van der Waals surface area contributed by atoms with Crippen LogP contribution < -0.4 is 0 Å². The molecule has 11 heteroatoms. The molecule has 0 bridgehead atoms. The molecule has 2 amide bonds. The Bertz CT molecular complexity index is 514. The lowest BCUT2D eigenvalue weighted by atomic mass is 10.2. The summed E-state index contributed by atoms with van der Waals surface area (Å²) in [5, 5.41) is 0. The zero-order valence-corrected chi connectivity index (χ0v) is 23.1. The quantitative estimate of drug-likeness (QED) is 0.258. The molecule has 0 aliphatic heterocycles. The van der Waals surface area contributed by atoms with E-state index < -0.39 is 11.2 Å². The molecule has 35 heavy (non-hydrogen) atoms. The standard InChI is InChI=1S/C24H48N2O9/c1-23(2,3)34-21(27)25(7)9-11-29-13-15-31-17-19-33-20-18-32-16-14-30-12-10-26(8)22(28)35-24(4,5)6/h9-20H2,1-8H3. The van der Waals surface area contributed by atoms with Crippen LogP contribution in [0.2, 0.25) is 0 Å². The molecule has 0 aliphatic rings. The molecular weight excluding hydrogens is 460 g/mol. The van der Waals surface area contributed by atoms with Crippen molar-refractivity contribution in [3.63, 3.8) is 0 Å². The minimum Gasteiger partial charge on any atom is -0.444 e. The molecule has 208 valence electrons. The van der Waals surface area contributed by atoms with Crippen molar-refractivity contribution < 1.29 is 42.7 Å². The van der Waals surface area contributed by atoms with Crippen molar-refractivity contribution in [2.24, 2.45) is 0 Å². The highest BCUT2D eigenvalue weighted by molar-refractivity contribution is 5.68. The van der Waals surface area contributed by atoms with E-state index in [0.717, 1.165) is 0 Å². The summed E-state index contributed by atoms with van der Waals surface area (Å²) < 4.78 is 37.8. The van der Waals surface area contributed by atoms with E-state index in [0.29, 0.717) is 79.2 Å². The molecule has 0 aromatic rings. The van der Waals surface area contributed by atoms with Crippen LogP contribution in [0.3, 0.4) is 0 Å². The summed E-state index contributed by atoms with van der Waals surface area (Å²) in [5.74, 6) is 0. The number of nitrogens with zero attached hydrogens (tertiary/aromatic N) is 2. The molecule has 0 fully saturated rings. The summed E-state index contributed by atoms with van der Waals surface area (Å²) in [7, 11) is 3.35. The third-order valence-corrected chi connectivity index (χ3v) is 4.04. The van der Waals surface area contributed by atoms with Crippen LogP contribution in [0.1, 0.15) is 41.5 Å². The average molecular weight is 509 g/mol. The number of hydrogen-bond acceptors (Lipinski definition) is 9. The molecule has 0 radical (unpaired) electrons. The molecular formula is C24H48N2O9. The van der Waals surface area contributed by atoms with Gasteiger partial charge in [0.1, 0.15) is 11.2 Å². The zero-order chi connectivity index (χ0) is 26.7. The maximum absolute atomic E-state index is 11.8. The predicted molar refractivity (Wildman–Crippen MR) is 132 cm³/mol. The molecule has 0 atom stereocenters. The number of carbonyl (C=O) groups is 2. The summed E-state index contributed by atoms with van der Waals surface area (Å²) in [6.07, 6.45) is -0.733. The Hall–Kier alpha value is -1.66. The fraction of sp³-hybridized carbons (Fsp3) is 0.917. The van der Waals surface area contributed by atoms with Crippen LogP contribution in [0, 0.1) is 0 Å². The van der Waals surface area contributed by atoms with Gasteiger partial charge in [0, 0.05) is 27.2 Å². The van der Waals surface area contributed by atoms with E-state index in [-0.39, 0.29) is 12.2 Å². The topological polar surface area (TPSA) is 105 Å². The van der Waals surface area contributed by atoms with Crippen molar-refractivity contribution >= 4 is 12.2 Å². The van der Waals surface area contributed by atoms with Gasteiger partial charge in [-0.15, -0.1) is 0 Å². The molecule has 0 saturated carbocycles. The molecule has 0 N–H and O–H groups in total. The number of rotatable bonds is 18. The first-order chi connectivity index (χ1) is 16.3. The van der Waals surface area contributed by atoms with Crippen molar-refractivity contribution in [2.45, 2.75) is 52.7 Å². The number of amides is 2. The first-order valence-electron chi connectivity index (χ1n) is 12.1. The Morgan fingerprint density at radius 2 is 0.714 bits per heavy atom. The Morgan fingerprint density at radius 3 is 0.943 bits per heavy atom. The Balaban J connectivity index is 3.38. The minimum absolute atomic E-state index is 0.367. The van der Waals surface area contributed by atoms with Crippen LogP contribution in [0.5, 0.6) is 0 Å². The first-order valence-corrected chi connectivity index (χ1v) is 12.1. The maximum atomic E-state index is 11.8. The Labute approximate surface area is 211 Å². The van der Waals surface area contributed by atoms with Crippen molar-refractivity contribution in [2.75, 3.05) is 93.3 Å². The summed E-state index contributed by atoms with van der Waals surface area (Å²) in [6.45, 7) is 16.4. The zero-order valence-electron chi connectivity index (χ0n) is 23.1. The second-order valence-corrected chi connectivity index (χ2v) is 9.87. The average Bonchev–Trinajstić information content (AvgIpc) is 2.73. The third kappa shape index (κ3) is 22.5. The van der Waals surface area contributed by atoms with Crippen LogP contribution in [-0.4, -0.2) is 126 Å². The summed E-state index contributed by atoms with van der Waals surface area (Å²) in [4.78, 5) is 26.6. The highest BCUT2D eigenvalue weighted by Crippen LogP contribution is 2.09. The summed E-state index contributed by atoms with van der Waals surface area (Å²) in [5.41, 5.74) is -1.02. The van der Waals surface area contributed by atoms with Crippen LogP contribution in [0.15, 0.2) is 0 Å². The maximum Gasteiger partial charge on any atom is 0.410 e. The van der Waals surface area contributed by atoms with Crippen molar-refractivity contribution in [1.29, 1.82) is 0 Å². The van der Waals surface area contributed by atoms with Gasteiger partial charge in [-0.05, 0) is 41.5 Å². The summed E-state index contributed by atoms with van der Waals surface area (Å²) in [6, 6.07) is 0. The lowest BCUT2D eigenvalue weighted by molar-refractivity contribution is -0.0146. The molecule has 0 aliphatic carbocycles. The fourth-order valence-corrected chi connectivity index (χ4v) is 2.25.